The van der Waals surface area contributed by atoms with E-state index in [1.165, 1.54) is 6.08 Å². The maximum Gasteiger partial charge on any atom is 0.334 e. The fourth-order valence-electron chi connectivity index (χ4n) is 0.996. The fraction of sp³-hybridized carbons (Fsp3) is 0.667. The van der Waals surface area contributed by atoms with Crippen LogP contribution in [0.15, 0.2) is 11.6 Å². The topological polar surface area (TPSA) is 52.6 Å². The van der Waals surface area contributed by atoms with Crippen LogP contribution in [-0.4, -0.2) is 25.7 Å². The first kappa shape index (κ1) is 13.6. The van der Waals surface area contributed by atoms with Gasteiger partial charge in [0.15, 0.2) is 0 Å². The van der Waals surface area contributed by atoms with Crippen molar-refractivity contribution >= 4 is 13.9 Å². The van der Waals surface area contributed by atoms with E-state index in [1.54, 1.807) is 20.8 Å². The summed E-state index contributed by atoms with van der Waals surface area (Å²) in [7, 11) is -3.03. The van der Waals surface area contributed by atoms with Crippen molar-refractivity contribution in [2.45, 2.75) is 20.8 Å². The molecule has 5 heteroatoms. The summed E-state index contributed by atoms with van der Waals surface area (Å²) in [5.74, 6) is 0. The van der Waals surface area contributed by atoms with Gasteiger partial charge in [-0.25, -0.2) is 0 Å². The zero-order valence-corrected chi connectivity index (χ0v) is 9.75. The molecule has 0 rings (SSSR count). The largest absolute Gasteiger partial charge is 0.334 e. The SMILES string of the molecule is CCOP(=O)(C/C(C)=C/C=O)OCC. The van der Waals surface area contributed by atoms with E-state index < -0.39 is 7.60 Å². The third-order valence-corrected chi connectivity index (χ3v) is 3.64. The summed E-state index contributed by atoms with van der Waals surface area (Å²) in [6.07, 6.45) is 2.20. The predicted molar refractivity (Wildman–Crippen MR) is 55.5 cm³/mol. The number of aldehydes is 1. The number of hydrogen-bond acceptors (Lipinski definition) is 4. The quantitative estimate of drug-likeness (QED) is 0.375. The minimum Gasteiger partial charge on any atom is -0.309 e. The summed E-state index contributed by atoms with van der Waals surface area (Å²) in [5.41, 5.74) is 0.699. The molecule has 0 bridgehead atoms. The molecule has 0 saturated carbocycles. The van der Waals surface area contributed by atoms with Crippen LogP contribution in [0.5, 0.6) is 0 Å². The average Bonchev–Trinajstić information content (AvgIpc) is 2.04. The number of rotatable bonds is 7. The molecule has 0 fully saturated rings. The highest BCUT2D eigenvalue weighted by atomic mass is 31.2. The van der Waals surface area contributed by atoms with Crippen molar-refractivity contribution in [1.82, 2.24) is 0 Å². The Morgan fingerprint density at radius 1 is 1.29 bits per heavy atom. The lowest BCUT2D eigenvalue weighted by atomic mass is 10.3. The van der Waals surface area contributed by atoms with Gasteiger partial charge in [0, 0.05) is 0 Å². The lowest BCUT2D eigenvalue weighted by molar-refractivity contribution is -0.104. The van der Waals surface area contributed by atoms with Crippen molar-refractivity contribution in [3.8, 4) is 0 Å². The molecule has 0 aromatic carbocycles. The molecule has 82 valence electrons. The molecule has 0 atom stereocenters. The van der Waals surface area contributed by atoms with Gasteiger partial charge in [-0.05, 0) is 26.8 Å². The molecule has 0 unspecified atom stereocenters. The lowest BCUT2D eigenvalue weighted by Crippen LogP contribution is -2.01. The number of allylic oxidation sites excluding steroid dienone is 2. The fourth-order valence-corrected chi connectivity index (χ4v) is 2.76. The van der Waals surface area contributed by atoms with Crippen molar-refractivity contribution in [1.29, 1.82) is 0 Å². The van der Waals surface area contributed by atoms with E-state index in [9.17, 15) is 9.36 Å². The van der Waals surface area contributed by atoms with Crippen LogP contribution in [0.25, 0.3) is 0 Å². The van der Waals surface area contributed by atoms with Gasteiger partial charge in [-0.15, -0.1) is 0 Å². The third-order valence-electron chi connectivity index (χ3n) is 1.45. The van der Waals surface area contributed by atoms with E-state index in [0.29, 0.717) is 25.1 Å². The minimum atomic E-state index is -3.03. The molecule has 0 aliphatic heterocycles. The number of carbonyl (C=O) groups is 1. The normalized spacial score (nSPS) is 12.9. The van der Waals surface area contributed by atoms with Crippen LogP contribution in [0.2, 0.25) is 0 Å². The van der Waals surface area contributed by atoms with Gasteiger partial charge in [0.2, 0.25) is 0 Å². The Kier molecular flexibility index (Phi) is 6.71. The van der Waals surface area contributed by atoms with Crippen LogP contribution >= 0.6 is 7.60 Å². The molecule has 0 N–H and O–H groups in total. The zero-order chi connectivity index (χ0) is 11.0. The van der Waals surface area contributed by atoms with Gasteiger partial charge in [-0.2, -0.15) is 0 Å². The standard InChI is InChI=1S/C9H17O4P/c1-4-12-14(11,13-5-2)8-9(3)6-7-10/h6-7H,4-5,8H2,1-3H3/b9-6+. The Morgan fingerprint density at radius 2 is 1.79 bits per heavy atom. The van der Waals surface area contributed by atoms with E-state index in [-0.39, 0.29) is 6.16 Å². The number of hydrogen-bond donors (Lipinski definition) is 0. The predicted octanol–water partition coefficient (Wildman–Crippen LogP) is 2.40. The van der Waals surface area contributed by atoms with E-state index in [0.717, 1.165) is 0 Å². The van der Waals surface area contributed by atoms with Crippen molar-refractivity contribution < 1.29 is 18.4 Å². The summed E-state index contributed by atoms with van der Waals surface area (Å²) in [4.78, 5) is 10.2. The zero-order valence-electron chi connectivity index (χ0n) is 8.86. The number of carbonyl (C=O) groups excluding carboxylic acids is 1. The van der Waals surface area contributed by atoms with Crippen molar-refractivity contribution in [2.75, 3.05) is 19.4 Å². The molecule has 4 nitrogen and oxygen atoms in total. The van der Waals surface area contributed by atoms with Crippen molar-refractivity contribution in [3.63, 3.8) is 0 Å². The van der Waals surface area contributed by atoms with Gasteiger partial charge in [-0.1, -0.05) is 5.57 Å². The molecule has 0 amide bonds. The van der Waals surface area contributed by atoms with Crippen LogP contribution in [-0.2, 0) is 18.4 Å². The molecular formula is C9H17O4P. The van der Waals surface area contributed by atoms with Crippen LogP contribution in [0.1, 0.15) is 20.8 Å². The highest BCUT2D eigenvalue weighted by molar-refractivity contribution is 7.54. The highest BCUT2D eigenvalue weighted by Gasteiger charge is 2.23. The molecule has 0 aliphatic carbocycles. The molecule has 0 radical (unpaired) electrons. The average molecular weight is 220 g/mol. The van der Waals surface area contributed by atoms with Gasteiger partial charge < -0.3 is 9.05 Å². The Hall–Kier alpha value is -0.440. The molecule has 0 saturated heterocycles. The van der Waals surface area contributed by atoms with Crippen LogP contribution in [0.3, 0.4) is 0 Å². The lowest BCUT2D eigenvalue weighted by Gasteiger charge is -2.16. The Balaban J connectivity index is 4.43. The summed E-state index contributed by atoms with van der Waals surface area (Å²) in [5, 5.41) is 0. The smallest absolute Gasteiger partial charge is 0.309 e. The Morgan fingerprint density at radius 3 is 2.14 bits per heavy atom. The van der Waals surface area contributed by atoms with Crippen molar-refractivity contribution in [3.05, 3.63) is 11.6 Å². The van der Waals surface area contributed by atoms with Gasteiger partial charge in [0.25, 0.3) is 0 Å². The van der Waals surface area contributed by atoms with E-state index in [4.69, 9.17) is 9.05 Å². The van der Waals surface area contributed by atoms with Crippen LogP contribution in [0, 0.1) is 0 Å². The molecule has 0 aliphatic rings. The van der Waals surface area contributed by atoms with Gasteiger partial charge in [0.05, 0.1) is 19.4 Å². The van der Waals surface area contributed by atoms with Crippen LogP contribution in [0.4, 0.5) is 0 Å². The summed E-state index contributed by atoms with van der Waals surface area (Å²) in [6, 6.07) is 0. The molecule has 0 heterocycles. The highest BCUT2D eigenvalue weighted by Crippen LogP contribution is 2.49. The first-order chi connectivity index (χ1) is 6.58. The van der Waals surface area contributed by atoms with Gasteiger partial charge in [-0.3, -0.25) is 9.36 Å². The maximum atomic E-state index is 11.9. The summed E-state index contributed by atoms with van der Waals surface area (Å²) in [6.45, 7) is 5.91. The van der Waals surface area contributed by atoms with E-state index >= 15 is 0 Å². The van der Waals surface area contributed by atoms with E-state index in [1.807, 2.05) is 0 Å². The first-order valence-corrected chi connectivity index (χ1v) is 6.29. The molecule has 14 heavy (non-hydrogen) atoms. The second-order valence-electron chi connectivity index (χ2n) is 2.75. The molecular weight excluding hydrogens is 203 g/mol. The molecule has 0 spiro atoms. The Labute approximate surface area is 84.8 Å². The second kappa shape index (κ2) is 6.93. The van der Waals surface area contributed by atoms with Crippen molar-refractivity contribution in [2.24, 2.45) is 0 Å². The first-order valence-electron chi connectivity index (χ1n) is 4.57. The molecule has 0 aromatic heterocycles. The van der Waals surface area contributed by atoms with E-state index in [2.05, 4.69) is 0 Å². The third kappa shape index (κ3) is 5.32. The van der Waals surface area contributed by atoms with Crippen LogP contribution < -0.4 is 0 Å². The summed E-state index contributed by atoms with van der Waals surface area (Å²) >= 11 is 0. The minimum absolute atomic E-state index is 0.174. The maximum absolute atomic E-state index is 11.9. The second-order valence-corrected chi connectivity index (χ2v) is 4.81. The molecule has 0 aromatic rings. The Bertz CT molecular complexity index is 237. The van der Waals surface area contributed by atoms with Gasteiger partial charge in [0.1, 0.15) is 6.29 Å². The van der Waals surface area contributed by atoms with Gasteiger partial charge >= 0.3 is 7.60 Å². The summed E-state index contributed by atoms with van der Waals surface area (Å²) < 4.78 is 22.0. The monoisotopic (exact) mass is 220 g/mol.